The first-order chi connectivity index (χ1) is 18.3. The second-order valence-corrected chi connectivity index (χ2v) is 11.0. The third-order valence-electron chi connectivity index (χ3n) is 7.92. The summed E-state index contributed by atoms with van der Waals surface area (Å²) in [7, 11) is 3.42. The first-order valence-electron chi connectivity index (χ1n) is 15.1. The van der Waals surface area contributed by atoms with Crippen LogP contribution in [0.1, 0.15) is 112 Å². The van der Waals surface area contributed by atoms with Gasteiger partial charge in [0.1, 0.15) is 11.6 Å². The molecule has 0 heterocycles. The Bertz CT molecular complexity index is 829. The Balaban J connectivity index is 0.000000382. The molecule has 0 fully saturated rings. The van der Waals surface area contributed by atoms with Crippen LogP contribution in [0.5, 0.6) is 0 Å². The Morgan fingerprint density at radius 3 is 1.74 bits per heavy atom. The molecule has 0 amide bonds. The van der Waals surface area contributed by atoms with Gasteiger partial charge in [-0.3, -0.25) is 9.59 Å². The van der Waals surface area contributed by atoms with Gasteiger partial charge in [0.05, 0.1) is 11.8 Å². The molecule has 0 spiro atoms. The second-order valence-electron chi connectivity index (χ2n) is 11.0. The van der Waals surface area contributed by atoms with Gasteiger partial charge in [-0.1, -0.05) is 112 Å². The van der Waals surface area contributed by atoms with Gasteiger partial charge in [0, 0.05) is 40.3 Å². The molecular formula is C34H56O4. The molecule has 4 heteroatoms. The van der Waals surface area contributed by atoms with Crippen molar-refractivity contribution in [2.45, 2.75) is 112 Å². The molecule has 0 radical (unpaired) electrons. The number of unbranched alkanes of at least 4 members (excludes halogenated alkanes) is 4. The molecule has 0 saturated carbocycles. The molecule has 3 unspecified atom stereocenters. The van der Waals surface area contributed by atoms with E-state index < -0.39 is 0 Å². The Morgan fingerprint density at radius 1 is 0.737 bits per heavy atom. The third kappa shape index (κ3) is 11.9. The maximum Gasteiger partial charge on any atom is 0.144 e. The zero-order valence-corrected chi connectivity index (χ0v) is 25.6. The molecule has 0 N–H and O–H groups in total. The van der Waals surface area contributed by atoms with Gasteiger partial charge in [-0.2, -0.15) is 0 Å². The van der Waals surface area contributed by atoms with Crippen LogP contribution in [0.3, 0.4) is 0 Å². The quantitative estimate of drug-likeness (QED) is 0.157. The number of carbonyl (C=O) groups is 2. The number of hydrogen-bond acceptors (Lipinski definition) is 4. The molecule has 0 aromatic carbocycles. The zero-order valence-electron chi connectivity index (χ0n) is 25.6. The van der Waals surface area contributed by atoms with Crippen LogP contribution in [0.15, 0.2) is 46.6 Å². The van der Waals surface area contributed by atoms with Crippen LogP contribution >= 0.6 is 0 Å². The van der Waals surface area contributed by atoms with Gasteiger partial charge in [-0.25, -0.2) is 0 Å². The van der Waals surface area contributed by atoms with Crippen molar-refractivity contribution in [2.75, 3.05) is 27.4 Å². The van der Waals surface area contributed by atoms with Gasteiger partial charge in [-0.15, -0.1) is 0 Å². The summed E-state index contributed by atoms with van der Waals surface area (Å²) >= 11 is 0. The predicted molar refractivity (Wildman–Crippen MR) is 160 cm³/mol. The molecule has 216 valence electrons. The second kappa shape index (κ2) is 20.2. The summed E-state index contributed by atoms with van der Waals surface area (Å²) < 4.78 is 10.3. The van der Waals surface area contributed by atoms with Gasteiger partial charge < -0.3 is 9.47 Å². The topological polar surface area (TPSA) is 52.6 Å². The Labute approximate surface area is 234 Å². The summed E-state index contributed by atoms with van der Waals surface area (Å²) in [6, 6.07) is 0. The summed E-state index contributed by atoms with van der Waals surface area (Å²) in [5, 5.41) is 0. The van der Waals surface area contributed by atoms with Crippen molar-refractivity contribution < 1.29 is 19.1 Å². The van der Waals surface area contributed by atoms with Crippen molar-refractivity contribution in [2.24, 2.45) is 17.8 Å². The van der Waals surface area contributed by atoms with E-state index in [-0.39, 0.29) is 11.8 Å². The highest BCUT2D eigenvalue weighted by Crippen LogP contribution is 2.33. The van der Waals surface area contributed by atoms with E-state index in [0.29, 0.717) is 30.7 Å². The lowest BCUT2D eigenvalue weighted by molar-refractivity contribution is -0.122. The van der Waals surface area contributed by atoms with Crippen LogP contribution in [-0.2, 0) is 19.1 Å². The van der Waals surface area contributed by atoms with Gasteiger partial charge >= 0.3 is 0 Å². The summed E-state index contributed by atoms with van der Waals surface area (Å²) in [5.41, 5.74) is 4.86. The lowest BCUT2D eigenvalue weighted by atomic mass is 9.84. The highest BCUT2D eigenvalue weighted by molar-refractivity contribution is 5.88. The SMILES string of the molecule is CCCCC(CC)CC(=O)C1C(C)=CC=C1CCOC.CCCCCCC(=O)C1C(C)=CC=C1CCOC. The smallest absolute Gasteiger partial charge is 0.144 e. The minimum atomic E-state index is 0.0285. The van der Waals surface area contributed by atoms with Crippen LogP contribution in [-0.4, -0.2) is 39.0 Å². The third-order valence-corrected chi connectivity index (χ3v) is 7.92. The number of hydrogen-bond donors (Lipinski definition) is 0. The standard InChI is InChI=1S/C18H30O2.C16H26O2/c1-5-7-8-15(6-2)13-17(19)18-14(3)9-10-16(18)11-12-20-4;1-4-5-6-7-8-15(17)16-13(2)9-10-14(16)11-12-18-3/h9-10,15,18H,5-8,11-13H2,1-4H3;9-10,16H,4-8,11-12H2,1-3H3. The lowest BCUT2D eigenvalue weighted by Crippen LogP contribution is -2.20. The molecule has 0 bridgehead atoms. The van der Waals surface area contributed by atoms with Crippen LogP contribution < -0.4 is 0 Å². The number of ether oxygens (including phenoxy) is 2. The van der Waals surface area contributed by atoms with Crippen LogP contribution in [0.4, 0.5) is 0 Å². The molecule has 4 nitrogen and oxygen atoms in total. The Hall–Kier alpha value is -1.78. The summed E-state index contributed by atoms with van der Waals surface area (Å²) in [6.07, 6.45) is 21.0. The van der Waals surface area contributed by atoms with Gasteiger partial charge in [0.2, 0.25) is 0 Å². The van der Waals surface area contributed by atoms with E-state index in [4.69, 9.17) is 9.47 Å². The Kier molecular flexibility index (Phi) is 18.2. The van der Waals surface area contributed by atoms with E-state index in [1.807, 2.05) is 0 Å². The first-order valence-corrected chi connectivity index (χ1v) is 15.1. The fraction of sp³-hybridized carbons (Fsp3) is 0.706. The maximum atomic E-state index is 12.6. The van der Waals surface area contributed by atoms with E-state index >= 15 is 0 Å². The molecule has 2 aliphatic rings. The van der Waals surface area contributed by atoms with Gasteiger partial charge in [0.25, 0.3) is 0 Å². The van der Waals surface area contributed by atoms with Crippen molar-refractivity contribution in [3.8, 4) is 0 Å². The minimum absolute atomic E-state index is 0.0285. The summed E-state index contributed by atoms with van der Waals surface area (Å²) in [6.45, 7) is 12.1. The van der Waals surface area contributed by atoms with Crippen molar-refractivity contribution in [1.82, 2.24) is 0 Å². The molecule has 0 aromatic heterocycles. The van der Waals surface area contributed by atoms with Crippen molar-refractivity contribution in [3.63, 3.8) is 0 Å². The van der Waals surface area contributed by atoms with E-state index in [1.54, 1.807) is 14.2 Å². The predicted octanol–water partition coefficient (Wildman–Crippen LogP) is 8.77. The number of rotatable bonds is 19. The van der Waals surface area contributed by atoms with E-state index in [1.165, 1.54) is 60.8 Å². The molecule has 0 saturated heterocycles. The number of carbonyl (C=O) groups excluding carboxylic acids is 2. The Morgan fingerprint density at radius 2 is 1.26 bits per heavy atom. The average molecular weight is 529 g/mol. The first kappa shape index (κ1) is 34.2. The number of methoxy groups -OCH3 is 2. The van der Waals surface area contributed by atoms with Gasteiger partial charge in [-0.05, 0) is 39.0 Å². The largest absolute Gasteiger partial charge is 0.384 e. The normalized spacial score (nSPS) is 19.2. The molecule has 3 atom stereocenters. The minimum Gasteiger partial charge on any atom is -0.384 e. The summed E-state index contributed by atoms with van der Waals surface area (Å²) in [5.74, 6) is 1.42. The average Bonchev–Trinajstić information content (AvgIpc) is 3.48. The molecule has 38 heavy (non-hydrogen) atoms. The van der Waals surface area contributed by atoms with E-state index in [9.17, 15) is 9.59 Å². The summed E-state index contributed by atoms with van der Waals surface area (Å²) in [4.78, 5) is 24.9. The fourth-order valence-electron chi connectivity index (χ4n) is 5.48. The number of allylic oxidation sites excluding steroid dienone is 6. The van der Waals surface area contributed by atoms with Crippen molar-refractivity contribution >= 4 is 11.6 Å². The van der Waals surface area contributed by atoms with E-state index in [0.717, 1.165) is 38.5 Å². The van der Waals surface area contributed by atoms with Crippen LogP contribution in [0.2, 0.25) is 0 Å². The van der Waals surface area contributed by atoms with Gasteiger partial charge in [0.15, 0.2) is 0 Å². The van der Waals surface area contributed by atoms with Crippen molar-refractivity contribution in [3.05, 3.63) is 46.6 Å². The molecular weight excluding hydrogens is 472 g/mol. The van der Waals surface area contributed by atoms with Crippen LogP contribution in [0.25, 0.3) is 0 Å². The maximum absolute atomic E-state index is 12.6. The molecule has 0 aromatic rings. The fourth-order valence-corrected chi connectivity index (χ4v) is 5.48. The monoisotopic (exact) mass is 528 g/mol. The highest BCUT2D eigenvalue weighted by Gasteiger charge is 2.28. The zero-order chi connectivity index (χ0) is 28.3. The van der Waals surface area contributed by atoms with Crippen molar-refractivity contribution in [1.29, 1.82) is 0 Å². The lowest BCUT2D eigenvalue weighted by Gasteiger charge is -2.20. The molecule has 2 aliphatic carbocycles. The highest BCUT2D eigenvalue weighted by atomic mass is 16.5. The number of Topliss-reactive ketones (excluding diaryl/α,β-unsaturated/α-hetero) is 2. The molecule has 0 aliphatic heterocycles. The van der Waals surface area contributed by atoms with Crippen LogP contribution in [0, 0.1) is 17.8 Å². The number of ketones is 2. The van der Waals surface area contributed by atoms with E-state index in [2.05, 4.69) is 58.9 Å². The molecule has 2 rings (SSSR count).